The van der Waals surface area contributed by atoms with E-state index in [0.29, 0.717) is 16.7 Å². The van der Waals surface area contributed by atoms with E-state index in [9.17, 15) is 35.9 Å². The molecule has 2 aromatic rings. The van der Waals surface area contributed by atoms with Gasteiger partial charge in [-0.25, -0.2) is 22.9 Å². The van der Waals surface area contributed by atoms with E-state index in [0.717, 1.165) is 4.90 Å². The van der Waals surface area contributed by atoms with Gasteiger partial charge in [-0.05, 0) is 18.1 Å². The molecule has 0 saturated heterocycles. The SMILES string of the molecule is Cl.NC(CC(=O)N1CCn2c(C(F)(F)F)nc(C(=O)O)c2C1)Cc1cc(F)c(F)cc1F. The van der Waals surface area contributed by atoms with E-state index in [1.165, 1.54) is 0 Å². The molecule has 0 bridgehead atoms. The number of aromatic nitrogens is 2. The molecule has 1 aromatic heterocycles. The van der Waals surface area contributed by atoms with Crippen molar-refractivity contribution in [2.45, 2.75) is 38.1 Å². The van der Waals surface area contributed by atoms with Crippen LogP contribution in [0.15, 0.2) is 12.1 Å². The first-order valence-corrected chi connectivity index (χ1v) is 8.95. The predicted octanol–water partition coefficient (Wildman–Crippen LogP) is 2.74. The van der Waals surface area contributed by atoms with E-state index in [1.807, 2.05) is 0 Å². The molecule has 3 N–H and O–H groups in total. The van der Waals surface area contributed by atoms with Crippen molar-refractivity contribution in [2.75, 3.05) is 6.54 Å². The van der Waals surface area contributed by atoms with Gasteiger partial charge in [0.15, 0.2) is 17.3 Å². The Bertz CT molecular complexity index is 1040. The fourth-order valence-corrected chi connectivity index (χ4v) is 3.40. The predicted molar refractivity (Wildman–Crippen MR) is 99.5 cm³/mol. The molecule has 176 valence electrons. The van der Waals surface area contributed by atoms with E-state index >= 15 is 0 Å². The van der Waals surface area contributed by atoms with E-state index in [1.54, 1.807) is 0 Å². The second kappa shape index (κ2) is 9.36. The first-order chi connectivity index (χ1) is 14.4. The lowest BCUT2D eigenvalue weighted by Crippen LogP contribution is -2.42. The average Bonchev–Trinajstić information content (AvgIpc) is 3.05. The van der Waals surface area contributed by atoms with Gasteiger partial charge in [0.25, 0.3) is 0 Å². The Balaban J connectivity index is 0.00000363. The van der Waals surface area contributed by atoms with Crippen LogP contribution in [0.2, 0.25) is 0 Å². The minimum atomic E-state index is -4.87. The number of amides is 1. The summed E-state index contributed by atoms with van der Waals surface area (Å²) in [6.45, 7) is -0.921. The summed E-state index contributed by atoms with van der Waals surface area (Å²) in [5.74, 6) is -7.33. The zero-order chi connectivity index (χ0) is 23.1. The molecule has 1 atom stereocenters. The number of halogens is 7. The molecule has 0 fully saturated rings. The number of carbonyl (C=O) groups excluding carboxylic acids is 1. The molecule has 1 aliphatic heterocycles. The van der Waals surface area contributed by atoms with Crippen molar-refractivity contribution in [1.82, 2.24) is 14.5 Å². The van der Waals surface area contributed by atoms with Gasteiger partial charge in [0.05, 0.1) is 12.2 Å². The van der Waals surface area contributed by atoms with Crippen LogP contribution in [0.3, 0.4) is 0 Å². The highest BCUT2D eigenvalue weighted by Gasteiger charge is 2.41. The number of carbonyl (C=O) groups is 2. The first-order valence-electron chi connectivity index (χ1n) is 8.95. The molecular weight excluding hydrogens is 470 g/mol. The molecule has 2 heterocycles. The lowest BCUT2D eigenvalue weighted by atomic mass is 10.0. The van der Waals surface area contributed by atoms with Gasteiger partial charge in [-0.3, -0.25) is 4.79 Å². The minimum Gasteiger partial charge on any atom is -0.476 e. The minimum absolute atomic E-state index is 0. The van der Waals surface area contributed by atoms with Gasteiger partial charge < -0.3 is 20.3 Å². The number of benzene rings is 1. The highest BCUT2D eigenvalue weighted by atomic mass is 35.5. The van der Waals surface area contributed by atoms with Crippen molar-refractivity contribution in [3.05, 3.63) is 52.4 Å². The van der Waals surface area contributed by atoms with E-state index < -0.39 is 59.6 Å². The van der Waals surface area contributed by atoms with Crippen molar-refractivity contribution in [2.24, 2.45) is 5.73 Å². The van der Waals surface area contributed by atoms with Crippen LogP contribution in [0.25, 0.3) is 0 Å². The number of nitrogens with two attached hydrogens (primary N) is 1. The molecule has 1 aliphatic rings. The quantitative estimate of drug-likeness (QED) is 0.500. The van der Waals surface area contributed by atoms with Gasteiger partial charge in [0.2, 0.25) is 11.7 Å². The number of carboxylic acids is 1. The highest BCUT2D eigenvalue weighted by molar-refractivity contribution is 5.87. The Morgan fingerprint density at radius 2 is 1.75 bits per heavy atom. The fraction of sp³-hybridized carbons (Fsp3) is 0.389. The van der Waals surface area contributed by atoms with Gasteiger partial charge in [0, 0.05) is 31.6 Å². The number of carboxylic acid groups (broad SMARTS) is 1. The molecule has 1 aromatic carbocycles. The third kappa shape index (κ3) is 5.15. The molecule has 1 amide bonds. The van der Waals surface area contributed by atoms with Crippen molar-refractivity contribution in [1.29, 1.82) is 0 Å². The number of fused-ring (bicyclic) bond motifs is 1. The van der Waals surface area contributed by atoms with Gasteiger partial charge >= 0.3 is 12.1 Å². The zero-order valence-corrected chi connectivity index (χ0v) is 16.9. The Morgan fingerprint density at radius 1 is 1.12 bits per heavy atom. The average molecular weight is 487 g/mol. The summed E-state index contributed by atoms with van der Waals surface area (Å²) in [5, 5.41) is 9.16. The van der Waals surface area contributed by atoms with Crippen molar-refractivity contribution >= 4 is 24.3 Å². The Kier molecular flexibility index (Phi) is 7.45. The molecule has 0 radical (unpaired) electrons. The van der Waals surface area contributed by atoms with E-state index in [2.05, 4.69) is 4.98 Å². The summed E-state index contributed by atoms with van der Waals surface area (Å²) in [6.07, 6.45) is -5.54. The van der Waals surface area contributed by atoms with Crippen LogP contribution in [-0.4, -0.2) is 44.0 Å². The summed E-state index contributed by atoms with van der Waals surface area (Å²) in [7, 11) is 0. The van der Waals surface area contributed by atoms with Crippen molar-refractivity contribution in [3.63, 3.8) is 0 Å². The van der Waals surface area contributed by atoms with Crippen LogP contribution in [0.1, 0.15) is 34.0 Å². The van der Waals surface area contributed by atoms with Crippen LogP contribution in [0.4, 0.5) is 26.3 Å². The second-order valence-electron chi connectivity index (χ2n) is 7.03. The van der Waals surface area contributed by atoms with Crippen LogP contribution in [0.5, 0.6) is 0 Å². The summed E-state index contributed by atoms with van der Waals surface area (Å²) in [5.41, 5.74) is 4.49. The van der Waals surface area contributed by atoms with E-state index in [4.69, 9.17) is 10.8 Å². The highest BCUT2D eigenvalue weighted by Crippen LogP contribution is 2.32. The Morgan fingerprint density at radius 3 is 2.34 bits per heavy atom. The maximum Gasteiger partial charge on any atom is 0.449 e. The number of nitrogens with zero attached hydrogens (tertiary/aromatic N) is 3. The molecule has 14 heteroatoms. The summed E-state index contributed by atoms with van der Waals surface area (Å²) in [6, 6.07) is -0.00786. The van der Waals surface area contributed by atoms with Crippen LogP contribution < -0.4 is 5.73 Å². The van der Waals surface area contributed by atoms with Crippen molar-refractivity contribution in [3.8, 4) is 0 Å². The molecule has 3 rings (SSSR count). The van der Waals surface area contributed by atoms with Gasteiger partial charge in [0.1, 0.15) is 5.82 Å². The first kappa shape index (κ1) is 25.5. The number of aromatic carboxylic acids is 1. The second-order valence-corrected chi connectivity index (χ2v) is 7.03. The Labute approximate surface area is 183 Å². The zero-order valence-electron chi connectivity index (χ0n) is 16.1. The normalized spacial score (nSPS) is 14.5. The van der Waals surface area contributed by atoms with Gasteiger partial charge in [-0.2, -0.15) is 13.2 Å². The molecule has 32 heavy (non-hydrogen) atoms. The summed E-state index contributed by atoms with van der Waals surface area (Å²) in [4.78, 5) is 28.1. The fourth-order valence-electron chi connectivity index (χ4n) is 3.40. The van der Waals surface area contributed by atoms with Gasteiger partial charge in [-0.1, -0.05) is 0 Å². The van der Waals surface area contributed by atoms with Crippen LogP contribution >= 0.6 is 12.4 Å². The standard InChI is InChI=1S/C18H16F6N4O3.ClH/c19-10-6-12(21)11(20)4-8(10)3-9(25)5-14(29)27-1-2-28-13(7-27)15(16(30)31)26-17(28)18(22,23)24;/h4,6,9H,1-3,5,7,25H2,(H,30,31);1H. The lowest BCUT2D eigenvalue weighted by Gasteiger charge is -2.30. The monoisotopic (exact) mass is 486 g/mol. The molecule has 0 spiro atoms. The Hall–Kier alpha value is -2.80. The smallest absolute Gasteiger partial charge is 0.449 e. The third-order valence-corrected chi connectivity index (χ3v) is 4.82. The number of imidazole rings is 1. The van der Waals surface area contributed by atoms with E-state index in [-0.39, 0.29) is 49.6 Å². The molecular formula is C18H17ClF6N4O3. The van der Waals surface area contributed by atoms with Crippen LogP contribution in [0, 0.1) is 17.5 Å². The lowest BCUT2D eigenvalue weighted by molar-refractivity contribution is -0.148. The van der Waals surface area contributed by atoms with Gasteiger partial charge in [-0.15, -0.1) is 12.4 Å². The number of hydrogen-bond donors (Lipinski definition) is 2. The molecule has 1 unspecified atom stereocenters. The maximum absolute atomic E-state index is 13.8. The maximum atomic E-state index is 13.8. The molecule has 0 saturated carbocycles. The molecule has 0 aliphatic carbocycles. The number of rotatable bonds is 5. The number of hydrogen-bond acceptors (Lipinski definition) is 4. The topological polar surface area (TPSA) is 101 Å². The summed E-state index contributed by atoms with van der Waals surface area (Å²) >= 11 is 0. The number of alkyl halides is 3. The summed E-state index contributed by atoms with van der Waals surface area (Å²) < 4.78 is 80.1. The van der Waals surface area contributed by atoms with Crippen molar-refractivity contribution < 1.29 is 41.0 Å². The molecule has 7 nitrogen and oxygen atoms in total. The third-order valence-electron chi connectivity index (χ3n) is 4.82. The largest absolute Gasteiger partial charge is 0.476 e. The van der Waals surface area contributed by atoms with Crippen LogP contribution in [-0.2, 0) is 30.5 Å².